The molecule has 0 unspecified atom stereocenters. The van der Waals surface area contributed by atoms with Gasteiger partial charge in [0, 0.05) is 32.1 Å². The fourth-order valence-electron chi connectivity index (χ4n) is 2.08. The van der Waals surface area contributed by atoms with Crippen molar-refractivity contribution in [3.63, 3.8) is 0 Å². The van der Waals surface area contributed by atoms with Crippen LogP contribution >= 0.6 is 0 Å². The molecule has 0 aromatic carbocycles. The maximum atomic E-state index is 5.54. The van der Waals surface area contributed by atoms with E-state index in [1.807, 2.05) is 50.7 Å². The average molecular weight is 330 g/mol. The zero-order chi connectivity index (χ0) is 17.4. The number of rotatable bonds is 7. The minimum atomic E-state index is 0.123. The van der Waals surface area contributed by atoms with E-state index in [1.54, 1.807) is 12.4 Å². The average Bonchev–Trinajstić information content (AvgIpc) is 2.96. The fourth-order valence-corrected chi connectivity index (χ4v) is 2.08. The number of hydrogen-bond donors (Lipinski definition) is 2. The molecule has 7 nitrogen and oxygen atoms in total. The van der Waals surface area contributed by atoms with Crippen LogP contribution in [0, 0.1) is 0 Å². The van der Waals surface area contributed by atoms with Crippen molar-refractivity contribution in [3.8, 4) is 5.88 Å². The Morgan fingerprint density at radius 1 is 1.29 bits per heavy atom. The van der Waals surface area contributed by atoms with Crippen LogP contribution in [0.3, 0.4) is 0 Å². The van der Waals surface area contributed by atoms with Gasteiger partial charge in [0.2, 0.25) is 5.88 Å². The molecule has 7 heteroatoms. The first kappa shape index (κ1) is 17.8. The maximum Gasteiger partial charge on any atom is 0.213 e. The van der Waals surface area contributed by atoms with E-state index in [4.69, 9.17) is 4.74 Å². The zero-order valence-corrected chi connectivity index (χ0v) is 14.8. The van der Waals surface area contributed by atoms with Crippen LogP contribution in [0.2, 0.25) is 0 Å². The van der Waals surface area contributed by atoms with Gasteiger partial charge in [0.15, 0.2) is 5.96 Å². The minimum absolute atomic E-state index is 0.123. The van der Waals surface area contributed by atoms with Gasteiger partial charge < -0.3 is 15.4 Å². The Morgan fingerprint density at radius 2 is 2.12 bits per heavy atom. The quantitative estimate of drug-likeness (QED) is 0.598. The third-order valence-electron chi connectivity index (χ3n) is 3.28. The molecule has 0 spiro atoms. The lowest BCUT2D eigenvalue weighted by Crippen LogP contribution is -2.37. The normalized spacial score (nSPS) is 11.6. The predicted octanol–water partition coefficient (Wildman–Crippen LogP) is 1.86. The van der Waals surface area contributed by atoms with Crippen molar-refractivity contribution in [1.29, 1.82) is 0 Å². The lowest BCUT2D eigenvalue weighted by atomic mass is 10.3. The predicted molar refractivity (Wildman–Crippen MR) is 94.9 cm³/mol. The molecule has 0 aliphatic rings. The summed E-state index contributed by atoms with van der Waals surface area (Å²) in [6.45, 7) is 8.03. The number of ether oxygens (including phenoxy) is 1. The van der Waals surface area contributed by atoms with Gasteiger partial charge in [-0.2, -0.15) is 5.10 Å². The summed E-state index contributed by atoms with van der Waals surface area (Å²) in [4.78, 5) is 8.88. The second-order valence-electron chi connectivity index (χ2n) is 5.67. The summed E-state index contributed by atoms with van der Waals surface area (Å²) in [5, 5.41) is 10.7. The standard InChI is InChI=1S/C17H26N6O/c1-5-18-17(21-12-15-8-9-22-23(15)4)20-11-14-6-7-16(19-10-14)24-13(2)3/h6-10,13H,5,11-12H2,1-4H3,(H2,18,20,21). The van der Waals surface area contributed by atoms with Crippen LogP contribution in [-0.4, -0.2) is 33.4 Å². The third kappa shape index (κ3) is 5.57. The van der Waals surface area contributed by atoms with Gasteiger partial charge in [-0.3, -0.25) is 4.68 Å². The fraction of sp³-hybridized carbons (Fsp3) is 0.471. The summed E-state index contributed by atoms with van der Waals surface area (Å²) < 4.78 is 7.39. The number of pyridine rings is 1. The Morgan fingerprint density at radius 3 is 2.71 bits per heavy atom. The van der Waals surface area contributed by atoms with E-state index in [0.717, 1.165) is 23.8 Å². The number of guanidine groups is 1. The molecule has 0 aliphatic heterocycles. The molecule has 0 fully saturated rings. The van der Waals surface area contributed by atoms with Crippen molar-refractivity contribution >= 4 is 5.96 Å². The van der Waals surface area contributed by atoms with E-state index in [0.29, 0.717) is 19.0 Å². The molecule has 0 saturated heterocycles. The molecule has 2 N–H and O–H groups in total. The summed E-state index contributed by atoms with van der Waals surface area (Å²) in [6.07, 6.45) is 3.71. The largest absolute Gasteiger partial charge is 0.475 e. The molecule has 0 radical (unpaired) electrons. The molecule has 2 aromatic heterocycles. The van der Waals surface area contributed by atoms with Crippen LogP contribution < -0.4 is 15.4 Å². The molecular formula is C17H26N6O. The lowest BCUT2D eigenvalue weighted by Gasteiger charge is -2.11. The molecule has 2 heterocycles. The van der Waals surface area contributed by atoms with E-state index < -0.39 is 0 Å². The molecule has 24 heavy (non-hydrogen) atoms. The lowest BCUT2D eigenvalue weighted by molar-refractivity contribution is 0.232. The van der Waals surface area contributed by atoms with Crippen molar-refractivity contribution in [3.05, 3.63) is 41.9 Å². The van der Waals surface area contributed by atoms with Gasteiger partial charge in [-0.1, -0.05) is 6.07 Å². The first-order valence-corrected chi connectivity index (χ1v) is 8.19. The SMILES string of the molecule is CCNC(=NCc1ccc(OC(C)C)nc1)NCc1ccnn1C. The molecule has 0 bridgehead atoms. The van der Waals surface area contributed by atoms with Gasteiger partial charge in [0.05, 0.1) is 24.9 Å². The van der Waals surface area contributed by atoms with Crippen LogP contribution in [0.1, 0.15) is 32.0 Å². The molecular weight excluding hydrogens is 304 g/mol. The van der Waals surface area contributed by atoms with Crippen molar-refractivity contribution < 1.29 is 4.74 Å². The highest BCUT2D eigenvalue weighted by Gasteiger charge is 2.03. The Bertz CT molecular complexity index is 647. The first-order chi connectivity index (χ1) is 11.6. The molecule has 0 saturated carbocycles. The van der Waals surface area contributed by atoms with E-state index >= 15 is 0 Å². The van der Waals surface area contributed by atoms with Gasteiger partial charge in [-0.15, -0.1) is 0 Å². The smallest absolute Gasteiger partial charge is 0.213 e. The van der Waals surface area contributed by atoms with Crippen molar-refractivity contribution in [2.75, 3.05) is 6.54 Å². The molecule has 0 amide bonds. The summed E-state index contributed by atoms with van der Waals surface area (Å²) >= 11 is 0. The number of aliphatic imine (C=N–C) groups is 1. The highest BCUT2D eigenvalue weighted by atomic mass is 16.5. The van der Waals surface area contributed by atoms with Crippen molar-refractivity contribution in [2.45, 2.75) is 40.0 Å². The first-order valence-electron chi connectivity index (χ1n) is 8.19. The summed E-state index contributed by atoms with van der Waals surface area (Å²) in [6, 6.07) is 5.84. The van der Waals surface area contributed by atoms with Crippen LogP contribution in [0.4, 0.5) is 0 Å². The Kier molecular flexibility index (Phi) is 6.60. The van der Waals surface area contributed by atoms with Crippen molar-refractivity contribution in [2.24, 2.45) is 12.0 Å². The van der Waals surface area contributed by atoms with Gasteiger partial charge in [0.25, 0.3) is 0 Å². The second-order valence-corrected chi connectivity index (χ2v) is 5.67. The van der Waals surface area contributed by atoms with Gasteiger partial charge in [-0.25, -0.2) is 9.98 Å². The highest BCUT2D eigenvalue weighted by molar-refractivity contribution is 5.79. The number of nitrogens with zero attached hydrogens (tertiary/aromatic N) is 4. The molecule has 130 valence electrons. The Labute approximate surface area is 143 Å². The van der Waals surface area contributed by atoms with Gasteiger partial charge in [0.1, 0.15) is 0 Å². The van der Waals surface area contributed by atoms with Crippen LogP contribution in [-0.2, 0) is 20.1 Å². The number of aromatic nitrogens is 3. The molecule has 0 atom stereocenters. The summed E-state index contributed by atoms with van der Waals surface area (Å²) in [7, 11) is 1.92. The number of aryl methyl sites for hydroxylation is 1. The molecule has 2 aromatic rings. The van der Waals surface area contributed by atoms with Gasteiger partial charge >= 0.3 is 0 Å². The van der Waals surface area contributed by atoms with Crippen molar-refractivity contribution in [1.82, 2.24) is 25.4 Å². The van der Waals surface area contributed by atoms with Crippen LogP contribution in [0.15, 0.2) is 35.6 Å². The topological polar surface area (TPSA) is 76.4 Å². The molecule has 0 aliphatic carbocycles. The molecule has 2 rings (SSSR count). The van der Waals surface area contributed by atoms with E-state index in [2.05, 4.69) is 25.7 Å². The Hall–Kier alpha value is -2.57. The summed E-state index contributed by atoms with van der Waals surface area (Å²) in [5.74, 6) is 1.40. The minimum Gasteiger partial charge on any atom is -0.475 e. The Balaban J connectivity index is 1.93. The number of nitrogens with one attached hydrogen (secondary N) is 2. The van der Waals surface area contributed by atoms with E-state index in [1.165, 1.54) is 0 Å². The maximum absolute atomic E-state index is 5.54. The highest BCUT2D eigenvalue weighted by Crippen LogP contribution is 2.10. The third-order valence-corrected chi connectivity index (χ3v) is 3.28. The zero-order valence-electron chi connectivity index (χ0n) is 14.8. The van der Waals surface area contributed by atoms with Gasteiger partial charge in [-0.05, 0) is 32.4 Å². The van der Waals surface area contributed by atoms with E-state index in [-0.39, 0.29) is 6.10 Å². The van der Waals surface area contributed by atoms with E-state index in [9.17, 15) is 0 Å². The summed E-state index contributed by atoms with van der Waals surface area (Å²) in [5.41, 5.74) is 2.13. The second kappa shape index (κ2) is 8.90. The monoisotopic (exact) mass is 330 g/mol. The van der Waals surface area contributed by atoms with Crippen LogP contribution in [0.5, 0.6) is 5.88 Å². The number of hydrogen-bond acceptors (Lipinski definition) is 4. The van der Waals surface area contributed by atoms with Crippen LogP contribution in [0.25, 0.3) is 0 Å².